The van der Waals surface area contributed by atoms with Gasteiger partial charge >= 0.3 is 0 Å². The molecule has 0 aromatic carbocycles. The van der Waals surface area contributed by atoms with Crippen molar-refractivity contribution in [2.75, 3.05) is 0 Å². The van der Waals surface area contributed by atoms with Crippen molar-refractivity contribution < 1.29 is 21.7 Å². The number of hydrogen-bond donors (Lipinski definition) is 0. The Morgan fingerprint density at radius 2 is 1.12 bits per heavy atom. The standard InChI is InChI=1S/C6H10.H4Si.Ti/c1-3-5-6-4-2;;/h3-6H,1-2H3;1H4;. The van der Waals surface area contributed by atoms with Crippen molar-refractivity contribution in [1.82, 2.24) is 0 Å². The average molecular weight is 162 g/mol. The molecule has 0 saturated heterocycles. The fourth-order valence-electron chi connectivity index (χ4n) is 0.222. The molecule has 0 atom stereocenters. The van der Waals surface area contributed by atoms with E-state index in [0.717, 1.165) is 0 Å². The molecule has 0 aromatic heterocycles. The van der Waals surface area contributed by atoms with Gasteiger partial charge in [-0.05, 0) is 24.8 Å². The summed E-state index contributed by atoms with van der Waals surface area (Å²) < 4.78 is 0. The molecule has 0 heterocycles. The summed E-state index contributed by atoms with van der Waals surface area (Å²) in [5.41, 5.74) is 0. The van der Waals surface area contributed by atoms with Crippen molar-refractivity contribution in [3.63, 3.8) is 0 Å². The van der Waals surface area contributed by atoms with Crippen LogP contribution in [0.25, 0.3) is 0 Å². The minimum Gasteiger partial charge on any atom is -0.0877 e. The number of hydrogen-bond acceptors (Lipinski definition) is 0. The van der Waals surface area contributed by atoms with E-state index in [1.54, 1.807) is 0 Å². The normalized spacial score (nSPS) is 8.75. The van der Waals surface area contributed by atoms with Crippen molar-refractivity contribution in [2.45, 2.75) is 13.8 Å². The molecular weight excluding hydrogens is 148 g/mol. The van der Waals surface area contributed by atoms with Gasteiger partial charge in [0, 0.05) is 21.7 Å². The Morgan fingerprint density at radius 1 is 0.875 bits per heavy atom. The van der Waals surface area contributed by atoms with Crippen LogP contribution in [0.15, 0.2) is 24.3 Å². The Kier molecular flexibility index (Phi) is 30.9. The molecule has 2 heteroatoms. The molecule has 0 rings (SSSR count). The van der Waals surface area contributed by atoms with Gasteiger partial charge in [-0.3, -0.25) is 0 Å². The van der Waals surface area contributed by atoms with Gasteiger partial charge < -0.3 is 0 Å². The second-order valence-electron chi connectivity index (χ2n) is 1.05. The summed E-state index contributed by atoms with van der Waals surface area (Å²) >= 11 is 0. The maximum absolute atomic E-state index is 2.00. The summed E-state index contributed by atoms with van der Waals surface area (Å²) in [4.78, 5) is 0. The van der Waals surface area contributed by atoms with Gasteiger partial charge in [0.1, 0.15) is 0 Å². The van der Waals surface area contributed by atoms with Crippen LogP contribution in [0.4, 0.5) is 0 Å². The van der Waals surface area contributed by atoms with Gasteiger partial charge in [0.2, 0.25) is 0 Å². The Bertz CT molecular complexity index is 56.9. The quantitative estimate of drug-likeness (QED) is 0.393. The van der Waals surface area contributed by atoms with Crippen LogP contribution < -0.4 is 0 Å². The van der Waals surface area contributed by atoms with E-state index < -0.39 is 0 Å². The fourth-order valence-corrected chi connectivity index (χ4v) is 0.222. The summed E-state index contributed by atoms with van der Waals surface area (Å²) in [6, 6.07) is 0. The SMILES string of the molecule is CC=CC=CC.[SiH4].[Ti]. The van der Waals surface area contributed by atoms with E-state index >= 15 is 0 Å². The first kappa shape index (κ1) is 15.8. The third-order valence-electron chi connectivity index (χ3n) is 0.496. The third kappa shape index (κ3) is 16.1. The molecule has 0 saturated carbocycles. The van der Waals surface area contributed by atoms with Crippen LogP contribution in [0.1, 0.15) is 13.8 Å². The molecule has 0 aliphatic heterocycles. The summed E-state index contributed by atoms with van der Waals surface area (Å²) in [6.45, 7) is 4.00. The van der Waals surface area contributed by atoms with Crippen molar-refractivity contribution in [3.05, 3.63) is 24.3 Å². The van der Waals surface area contributed by atoms with E-state index in [-0.39, 0.29) is 32.7 Å². The summed E-state index contributed by atoms with van der Waals surface area (Å²) in [6.07, 6.45) is 8.00. The Morgan fingerprint density at radius 3 is 1.25 bits per heavy atom. The van der Waals surface area contributed by atoms with Crippen LogP contribution >= 0.6 is 0 Å². The minimum atomic E-state index is 0. The molecule has 46 valence electrons. The summed E-state index contributed by atoms with van der Waals surface area (Å²) in [7, 11) is 0. The van der Waals surface area contributed by atoms with Crippen LogP contribution in [0.2, 0.25) is 0 Å². The van der Waals surface area contributed by atoms with Gasteiger partial charge in [0.15, 0.2) is 0 Å². The fraction of sp³-hybridized carbons (Fsp3) is 0.333. The Labute approximate surface area is 71.0 Å². The molecule has 0 aliphatic carbocycles. The van der Waals surface area contributed by atoms with Crippen molar-refractivity contribution in [1.29, 1.82) is 0 Å². The topological polar surface area (TPSA) is 0 Å². The Hall–Kier alpha value is 0.411. The zero-order valence-electron chi connectivity index (χ0n) is 4.81. The summed E-state index contributed by atoms with van der Waals surface area (Å²) in [5.74, 6) is 0. The minimum absolute atomic E-state index is 0. The van der Waals surface area contributed by atoms with Crippen LogP contribution in [-0.4, -0.2) is 11.0 Å². The van der Waals surface area contributed by atoms with Crippen molar-refractivity contribution in [2.24, 2.45) is 0 Å². The van der Waals surface area contributed by atoms with Crippen LogP contribution in [-0.2, 0) is 21.7 Å². The molecular formula is C6H14SiTi. The van der Waals surface area contributed by atoms with E-state index in [4.69, 9.17) is 0 Å². The first-order valence-corrected chi connectivity index (χ1v) is 2.15. The second-order valence-corrected chi connectivity index (χ2v) is 1.05. The third-order valence-corrected chi connectivity index (χ3v) is 0.496. The number of allylic oxidation sites excluding steroid dienone is 4. The predicted molar refractivity (Wildman–Crippen MR) is 41.0 cm³/mol. The van der Waals surface area contributed by atoms with Gasteiger partial charge in [-0.2, -0.15) is 0 Å². The Balaban J connectivity index is -0.000000125. The molecule has 0 unspecified atom stereocenters. The van der Waals surface area contributed by atoms with Gasteiger partial charge in [0.05, 0.1) is 0 Å². The monoisotopic (exact) mass is 162 g/mol. The van der Waals surface area contributed by atoms with Gasteiger partial charge in [-0.15, -0.1) is 0 Å². The maximum Gasteiger partial charge on any atom is 0 e. The van der Waals surface area contributed by atoms with Crippen molar-refractivity contribution >= 4 is 11.0 Å². The maximum atomic E-state index is 2.00. The molecule has 8 heavy (non-hydrogen) atoms. The molecule has 0 N–H and O–H groups in total. The van der Waals surface area contributed by atoms with Gasteiger partial charge in [-0.1, -0.05) is 24.3 Å². The van der Waals surface area contributed by atoms with Crippen LogP contribution in [0.5, 0.6) is 0 Å². The zero-order chi connectivity index (χ0) is 4.83. The molecule has 0 fully saturated rings. The first-order valence-electron chi connectivity index (χ1n) is 2.15. The first-order chi connectivity index (χ1) is 2.91. The van der Waals surface area contributed by atoms with E-state index in [0.29, 0.717) is 0 Å². The second kappa shape index (κ2) is 15.7. The average Bonchev–Trinajstić information content (AvgIpc) is 1.61. The molecule has 0 bridgehead atoms. The molecule has 0 aliphatic rings. The van der Waals surface area contributed by atoms with Crippen molar-refractivity contribution in [3.8, 4) is 0 Å². The van der Waals surface area contributed by atoms with E-state index in [1.165, 1.54) is 0 Å². The van der Waals surface area contributed by atoms with Crippen LogP contribution in [0.3, 0.4) is 0 Å². The summed E-state index contributed by atoms with van der Waals surface area (Å²) in [5, 5.41) is 0. The van der Waals surface area contributed by atoms with Crippen LogP contribution in [0, 0.1) is 0 Å². The van der Waals surface area contributed by atoms with Gasteiger partial charge in [0.25, 0.3) is 0 Å². The molecule has 0 spiro atoms. The van der Waals surface area contributed by atoms with Gasteiger partial charge in [-0.25, -0.2) is 0 Å². The molecule has 0 aromatic rings. The van der Waals surface area contributed by atoms with E-state index in [1.807, 2.05) is 38.2 Å². The van der Waals surface area contributed by atoms with E-state index in [9.17, 15) is 0 Å². The number of rotatable bonds is 1. The molecule has 0 amide bonds. The largest absolute Gasteiger partial charge is 0.0877 e. The smallest absolute Gasteiger partial charge is 0 e. The zero-order valence-corrected chi connectivity index (χ0v) is 6.37. The molecule has 0 radical (unpaired) electrons. The van der Waals surface area contributed by atoms with E-state index in [2.05, 4.69) is 0 Å². The predicted octanol–water partition coefficient (Wildman–Crippen LogP) is 0.684. The molecule has 0 nitrogen and oxygen atoms in total.